The summed E-state index contributed by atoms with van der Waals surface area (Å²) >= 11 is 0. The van der Waals surface area contributed by atoms with Crippen molar-refractivity contribution in [2.75, 3.05) is 0 Å². The molecular weight excluding hydrogens is 302 g/mol. The summed E-state index contributed by atoms with van der Waals surface area (Å²) in [5.74, 6) is -4.05. The first kappa shape index (κ1) is 16.2. The molecule has 2 aromatic carbocycles. The van der Waals surface area contributed by atoms with Crippen molar-refractivity contribution < 1.29 is 30.3 Å². The lowest BCUT2D eigenvalue weighted by atomic mass is 10.0. The molecule has 0 saturated heterocycles. The Morgan fingerprint density at radius 2 is 1.52 bits per heavy atom. The second kappa shape index (κ2) is 6.29. The maximum Gasteiger partial charge on any atom is 0.201 e. The molecule has 7 N–H and O–H groups in total. The zero-order valence-electron chi connectivity index (χ0n) is 11.9. The Balaban J connectivity index is 2.43. The minimum absolute atomic E-state index is 0.0693. The van der Waals surface area contributed by atoms with Crippen LogP contribution >= 0.6 is 0 Å². The number of carbonyl (C=O) groups excluding carboxylic acids is 1. The minimum atomic E-state index is -0.933. The average molecular weight is 317 g/mol. The third-order valence-corrected chi connectivity index (χ3v) is 3.26. The van der Waals surface area contributed by atoms with Gasteiger partial charge in [0, 0.05) is 6.54 Å². The first-order valence-corrected chi connectivity index (χ1v) is 6.57. The second-order valence-corrected chi connectivity index (χ2v) is 4.74. The van der Waals surface area contributed by atoms with Crippen molar-refractivity contribution in [2.24, 2.45) is 5.73 Å². The molecule has 0 saturated carbocycles. The summed E-state index contributed by atoms with van der Waals surface area (Å²) in [6, 6.07) is 5.97. The highest BCUT2D eigenvalue weighted by molar-refractivity contribution is 6.11. The van der Waals surface area contributed by atoms with Gasteiger partial charge in [0.15, 0.2) is 17.3 Å². The van der Waals surface area contributed by atoms with Crippen LogP contribution in [0.2, 0.25) is 0 Å². The second-order valence-electron chi connectivity index (χ2n) is 4.74. The fourth-order valence-electron chi connectivity index (χ4n) is 2.02. The van der Waals surface area contributed by atoms with Gasteiger partial charge in [0.05, 0.1) is 5.56 Å². The summed E-state index contributed by atoms with van der Waals surface area (Å²) < 4.78 is 0. The normalized spacial score (nSPS) is 11.0. The van der Waals surface area contributed by atoms with E-state index in [9.17, 15) is 30.3 Å². The number of rotatable bonds is 4. The molecule has 120 valence electrons. The SMILES string of the molecule is NCc1c(O)c(O)c(O)c(C(=O)C=Cc2ccc(O)cc2)c1O. The van der Waals surface area contributed by atoms with E-state index in [1.165, 1.54) is 18.2 Å². The predicted molar refractivity (Wildman–Crippen MR) is 82.5 cm³/mol. The van der Waals surface area contributed by atoms with E-state index in [1.54, 1.807) is 12.1 Å². The van der Waals surface area contributed by atoms with E-state index in [-0.39, 0.29) is 17.9 Å². The highest BCUT2D eigenvalue weighted by atomic mass is 16.3. The number of phenolic OH excluding ortho intramolecular Hbond substituents is 5. The maximum absolute atomic E-state index is 12.2. The van der Waals surface area contributed by atoms with Crippen molar-refractivity contribution >= 4 is 11.9 Å². The van der Waals surface area contributed by atoms with E-state index >= 15 is 0 Å². The quantitative estimate of drug-likeness (QED) is 0.217. The predicted octanol–water partition coefficient (Wildman–Crippen LogP) is 1.57. The van der Waals surface area contributed by atoms with E-state index in [2.05, 4.69) is 0 Å². The van der Waals surface area contributed by atoms with Crippen LogP contribution in [0.4, 0.5) is 0 Å². The van der Waals surface area contributed by atoms with Crippen LogP contribution in [0, 0.1) is 0 Å². The van der Waals surface area contributed by atoms with Crippen molar-refractivity contribution in [1.29, 1.82) is 0 Å². The number of nitrogens with two attached hydrogens (primary N) is 1. The number of allylic oxidation sites excluding steroid dienone is 1. The number of phenols is 5. The molecule has 0 radical (unpaired) electrons. The number of benzene rings is 2. The van der Waals surface area contributed by atoms with Crippen LogP contribution in [0.1, 0.15) is 21.5 Å². The molecule has 7 heteroatoms. The van der Waals surface area contributed by atoms with Gasteiger partial charge in [-0.3, -0.25) is 4.79 Å². The van der Waals surface area contributed by atoms with Gasteiger partial charge in [0.25, 0.3) is 0 Å². The molecule has 0 aliphatic carbocycles. The van der Waals surface area contributed by atoms with Crippen LogP contribution in [0.25, 0.3) is 6.08 Å². The molecule has 0 fully saturated rings. The molecule has 0 aliphatic rings. The Morgan fingerprint density at radius 1 is 0.913 bits per heavy atom. The summed E-state index contributed by atoms with van der Waals surface area (Å²) in [7, 11) is 0. The van der Waals surface area contributed by atoms with E-state index in [0.29, 0.717) is 5.56 Å². The van der Waals surface area contributed by atoms with Crippen LogP contribution in [-0.4, -0.2) is 31.3 Å². The summed E-state index contributed by atoms with van der Waals surface area (Å²) in [4.78, 5) is 12.2. The van der Waals surface area contributed by atoms with Gasteiger partial charge in [-0.15, -0.1) is 0 Å². The molecule has 0 spiro atoms. The maximum atomic E-state index is 12.2. The van der Waals surface area contributed by atoms with E-state index in [0.717, 1.165) is 6.08 Å². The van der Waals surface area contributed by atoms with Gasteiger partial charge in [0.2, 0.25) is 5.75 Å². The third kappa shape index (κ3) is 3.04. The van der Waals surface area contributed by atoms with Gasteiger partial charge in [0.1, 0.15) is 17.1 Å². The lowest BCUT2D eigenvalue weighted by molar-refractivity contribution is 0.104. The highest BCUT2D eigenvalue weighted by Gasteiger charge is 2.25. The number of hydrogen-bond donors (Lipinski definition) is 6. The summed E-state index contributed by atoms with van der Waals surface area (Å²) in [6.45, 7) is -0.340. The topological polar surface area (TPSA) is 144 Å². The van der Waals surface area contributed by atoms with Crippen molar-refractivity contribution in [3.63, 3.8) is 0 Å². The van der Waals surface area contributed by atoms with Crippen LogP contribution in [-0.2, 0) is 6.54 Å². The number of hydrogen-bond acceptors (Lipinski definition) is 7. The van der Waals surface area contributed by atoms with Crippen molar-refractivity contribution in [3.05, 3.63) is 47.0 Å². The molecule has 23 heavy (non-hydrogen) atoms. The number of carbonyl (C=O) groups is 1. The summed E-state index contributed by atoms with van der Waals surface area (Å²) in [5, 5.41) is 48.2. The van der Waals surface area contributed by atoms with Gasteiger partial charge in [-0.1, -0.05) is 18.2 Å². The van der Waals surface area contributed by atoms with Gasteiger partial charge < -0.3 is 31.3 Å². The van der Waals surface area contributed by atoms with Gasteiger partial charge in [-0.25, -0.2) is 0 Å². The fourth-order valence-corrected chi connectivity index (χ4v) is 2.02. The lowest BCUT2D eigenvalue weighted by Gasteiger charge is -2.12. The van der Waals surface area contributed by atoms with Crippen LogP contribution in [0.3, 0.4) is 0 Å². The Labute approximate surface area is 131 Å². The number of aromatic hydroxyl groups is 5. The van der Waals surface area contributed by atoms with Gasteiger partial charge in [-0.2, -0.15) is 0 Å². The van der Waals surface area contributed by atoms with E-state index in [4.69, 9.17) is 5.73 Å². The van der Waals surface area contributed by atoms with E-state index in [1.807, 2.05) is 0 Å². The molecule has 7 nitrogen and oxygen atoms in total. The Bertz CT molecular complexity index is 780. The van der Waals surface area contributed by atoms with Gasteiger partial charge >= 0.3 is 0 Å². The monoisotopic (exact) mass is 317 g/mol. The molecule has 0 atom stereocenters. The molecule has 0 aliphatic heterocycles. The van der Waals surface area contributed by atoms with Crippen molar-refractivity contribution in [2.45, 2.75) is 6.54 Å². The molecule has 0 unspecified atom stereocenters. The molecule has 0 aromatic heterocycles. The zero-order chi connectivity index (χ0) is 17.1. The Morgan fingerprint density at radius 3 is 2.09 bits per heavy atom. The first-order valence-electron chi connectivity index (χ1n) is 6.57. The first-order chi connectivity index (χ1) is 10.9. The minimum Gasteiger partial charge on any atom is -0.508 e. The van der Waals surface area contributed by atoms with Crippen LogP contribution in [0.5, 0.6) is 28.7 Å². The van der Waals surface area contributed by atoms with Crippen LogP contribution in [0.15, 0.2) is 30.3 Å². The highest BCUT2D eigenvalue weighted by Crippen LogP contribution is 2.46. The van der Waals surface area contributed by atoms with Crippen molar-refractivity contribution in [1.82, 2.24) is 0 Å². The largest absolute Gasteiger partial charge is 0.508 e. The van der Waals surface area contributed by atoms with E-state index < -0.39 is 34.3 Å². The van der Waals surface area contributed by atoms with Crippen LogP contribution < -0.4 is 5.73 Å². The Kier molecular flexibility index (Phi) is 4.42. The smallest absolute Gasteiger partial charge is 0.201 e. The fraction of sp³-hybridized carbons (Fsp3) is 0.0625. The van der Waals surface area contributed by atoms with Crippen molar-refractivity contribution in [3.8, 4) is 28.7 Å². The zero-order valence-corrected chi connectivity index (χ0v) is 11.9. The summed E-state index contributed by atoms with van der Waals surface area (Å²) in [5.41, 5.74) is 5.14. The molecular formula is C16H15NO6. The molecule has 0 heterocycles. The third-order valence-electron chi connectivity index (χ3n) is 3.26. The van der Waals surface area contributed by atoms with Gasteiger partial charge in [-0.05, 0) is 23.8 Å². The molecule has 0 bridgehead atoms. The summed E-state index contributed by atoms with van der Waals surface area (Å²) in [6.07, 6.45) is 2.46. The standard InChI is InChI=1S/C16H15NO6/c17-7-10-13(20)12(15(22)16(23)14(10)21)11(19)6-3-8-1-4-9(18)5-2-8/h1-6,18,20-23H,7,17H2. The number of ketones is 1. The Hall–Kier alpha value is -3.19. The average Bonchev–Trinajstić information content (AvgIpc) is 2.53. The lowest BCUT2D eigenvalue weighted by Crippen LogP contribution is -2.03. The molecule has 2 rings (SSSR count). The molecule has 2 aromatic rings. The molecule has 0 amide bonds.